The molecule has 0 spiro atoms. The van der Waals surface area contributed by atoms with Gasteiger partial charge in [-0.1, -0.05) is 18.2 Å². The van der Waals surface area contributed by atoms with Gasteiger partial charge in [-0.15, -0.1) is 0 Å². The SMILES string of the molecule is COc1ccccc1COc1ncccc1C(=N)N. The summed E-state index contributed by atoms with van der Waals surface area (Å²) < 4.78 is 10.9. The Morgan fingerprint density at radius 2 is 2.05 bits per heavy atom. The molecule has 3 N–H and O–H groups in total. The van der Waals surface area contributed by atoms with Crippen molar-refractivity contribution in [1.29, 1.82) is 5.41 Å². The van der Waals surface area contributed by atoms with E-state index in [0.717, 1.165) is 11.3 Å². The Morgan fingerprint density at radius 1 is 1.26 bits per heavy atom. The lowest BCUT2D eigenvalue weighted by molar-refractivity contribution is 0.285. The number of aromatic nitrogens is 1. The molecule has 2 rings (SSSR count). The van der Waals surface area contributed by atoms with Crippen molar-refractivity contribution in [1.82, 2.24) is 4.98 Å². The molecule has 0 unspecified atom stereocenters. The average Bonchev–Trinajstić information content (AvgIpc) is 2.45. The van der Waals surface area contributed by atoms with Gasteiger partial charge in [-0.3, -0.25) is 5.41 Å². The van der Waals surface area contributed by atoms with Crippen LogP contribution in [0.5, 0.6) is 11.6 Å². The Morgan fingerprint density at radius 3 is 2.79 bits per heavy atom. The van der Waals surface area contributed by atoms with Crippen molar-refractivity contribution in [2.24, 2.45) is 5.73 Å². The maximum Gasteiger partial charge on any atom is 0.224 e. The van der Waals surface area contributed by atoms with Crippen LogP contribution in [0.15, 0.2) is 42.6 Å². The largest absolute Gasteiger partial charge is 0.496 e. The van der Waals surface area contributed by atoms with Gasteiger partial charge in [-0.2, -0.15) is 0 Å². The van der Waals surface area contributed by atoms with Gasteiger partial charge in [0.25, 0.3) is 0 Å². The van der Waals surface area contributed by atoms with E-state index in [1.54, 1.807) is 25.4 Å². The van der Waals surface area contributed by atoms with Gasteiger partial charge in [0.05, 0.1) is 12.7 Å². The number of pyridine rings is 1. The third-order valence-corrected chi connectivity index (χ3v) is 2.62. The molecule has 1 aromatic heterocycles. The van der Waals surface area contributed by atoms with Crippen molar-refractivity contribution in [3.63, 3.8) is 0 Å². The molecule has 0 fully saturated rings. The number of rotatable bonds is 5. The quantitative estimate of drug-likeness (QED) is 0.633. The molecule has 0 radical (unpaired) electrons. The van der Waals surface area contributed by atoms with Crippen molar-refractivity contribution in [3.8, 4) is 11.6 Å². The molecule has 1 heterocycles. The first-order chi connectivity index (χ1) is 9.22. The predicted octanol–water partition coefficient (Wildman–Crippen LogP) is 1.95. The second kappa shape index (κ2) is 5.86. The van der Waals surface area contributed by atoms with Crippen LogP contribution < -0.4 is 15.2 Å². The first-order valence-electron chi connectivity index (χ1n) is 5.76. The third-order valence-electron chi connectivity index (χ3n) is 2.62. The van der Waals surface area contributed by atoms with Gasteiger partial charge in [-0.25, -0.2) is 4.98 Å². The minimum atomic E-state index is -0.0665. The van der Waals surface area contributed by atoms with E-state index in [9.17, 15) is 0 Å². The summed E-state index contributed by atoms with van der Waals surface area (Å²) in [6.07, 6.45) is 1.60. The molecule has 98 valence electrons. The molecule has 0 atom stereocenters. The first kappa shape index (κ1) is 12.9. The summed E-state index contributed by atoms with van der Waals surface area (Å²) >= 11 is 0. The number of amidine groups is 1. The molecule has 0 saturated carbocycles. The molecular formula is C14H15N3O2. The Balaban J connectivity index is 2.17. The van der Waals surface area contributed by atoms with Crippen LogP contribution in [0.3, 0.4) is 0 Å². The van der Waals surface area contributed by atoms with E-state index < -0.39 is 0 Å². The molecule has 0 amide bonds. The minimum Gasteiger partial charge on any atom is -0.496 e. The van der Waals surface area contributed by atoms with Crippen LogP contribution in [0.4, 0.5) is 0 Å². The predicted molar refractivity (Wildman–Crippen MR) is 72.6 cm³/mol. The molecule has 5 heteroatoms. The second-order valence-electron chi connectivity index (χ2n) is 3.87. The summed E-state index contributed by atoms with van der Waals surface area (Å²) in [7, 11) is 1.61. The van der Waals surface area contributed by atoms with Gasteiger partial charge < -0.3 is 15.2 Å². The molecule has 2 aromatic rings. The van der Waals surface area contributed by atoms with Crippen LogP contribution in [-0.4, -0.2) is 17.9 Å². The highest BCUT2D eigenvalue weighted by molar-refractivity contribution is 5.96. The molecule has 0 saturated heterocycles. The van der Waals surface area contributed by atoms with Crippen LogP contribution in [0.1, 0.15) is 11.1 Å². The van der Waals surface area contributed by atoms with E-state index in [2.05, 4.69) is 4.98 Å². The van der Waals surface area contributed by atoms with Crippen molar-refractivity contribution >= 4 is 5.84 Å². The number of hydrogen-bond donors (Lipinski definition) is 2. The molecule has 0 bridgehead atoms. The first-order valence-corrected chi connectivity index (χ1v) is 5.76. The molecule has 0 aliphatic heterocycles. The zero-order chi connectivity index (χ0) is 13.7. The molecule has 5 nitrogen and oxygen atoms in total. The summed E-state index contributed by atoms with van der Waals surface area (Å²) in [6, 6.07) is 11.0. The van der Waals surface area contributed by atoms with Crippen LogP contribution in [-0.2, 0) is 6.61 Å². The molecule has 0 aliphatic rings. The zero-order valence-corrected chi connectivity index (χ0v) is 10.6. The fourth-order valence-electron chi connectivity index (χ4n) is 1.68. The van der Waals surface area contributed by atoms with Gasteiger partial charge in [-0.05, 0) is 18.2 Å². The average molecular weight is 257 g/mol. The Kier molecular flexibility index (Phi) is 3.97. The number of methoxy groups -OCH3 is 1. The standard InChI is InChI=1S/C14H15N3O2/c1-18-12-7-3-2-5-10(12)9-19-14-11(13(15)16)6-4-8-17-14/h2-8H,9H2,1H3,(H3,15,16). The van der Waals surface area contributed by atoms with E-state index in [4.69, 9.17) is 20.6 Å². The molecule has 1 aromatic carbocycles. The Labute approximate surface area is 111 Å². The fraction of sp³-hybridized carbons (Fsp3) is 0.143. The number of nitrogens with zero attached hydrogens (tertiary/aromatic N) is 1. The molecule has 19 heavy (non-hydrogen) atoms. The van der Waals surface area contributed by atoms with Gasteiger partial charge in [0, 0.05) is 11.8 Å². The van der Waals surface area contributed by atoms with Crippen molar-refractivity contribution in [2.75, 3.05) is 7.11 Å². The highest BCUT2D eigenvalue weighted by Crippen LogP contribution is 2.20. The minimum absolute atomic E-state index is 0.0665. The van der Waals surface area contributed by atoms with E-state index in [0.29, 0.717) is 18.1 Å². The van der Waals surface area contributed by atoms with Crippen LogP contribution in [0.25, 0.3) is 0 Å². The van der Waals surface area contributed by atoms with Crippen LogP contribution in [0.2, 0.25) is 0 Å². The summed E-state index contributed by atoms with van der Waals surface area (Å²) in [5, 5.41) is 7.47. The number of ether oxygens (including phenoxy) is 2. The lowest BCUT2D eigenvalue weighted by Crippen LogP contribution is -2.14. The van der Waals surface area contributed by atoms with Gasteiger partial charge in [0.2, 0.25) is 5.88 Å². The number of hydrogen-bond acceptors (Lipinski definition) is 4. The second-order valence-corrected chi connectivity index (χ2v) is 3.87. The topological polar surface area (TPSA) is 81.2 Å². The summed E-state index contributed by atoms with van der Waals surface area (Å²) in [5.74, 6) is 1.03. The van der Waals surface area contributed by atoms with Crippen molar-refractivity contribution in [3.05, 3.63) is 53.7 Å². The van der Waals surface area contributed by atoms with Crippen molar-refractivity contribution < 1.29 is 9.47 Å². The summed E-state index contributed by atoms with van der Waals surface area (Å²) in [4.78, 5) is 4.09. The van der Waals surface area contributed by atoms with E-state index in [1.165, 1.54) is 0 Å². The lowest BCUT2D eigenvalue weighted by atomic mass is 10.2. The third kappa shape index (κ3) is 3.01. The number of para-hydroxylation sites is 1. The number of nitrogens with two attached hydrogens (primary N) is 1. The maximum absolute atomic E-state index is 7.47. The highest BCUT2D eigenvalue weighted by Gasteiger charge is 2.09. The van der Waals surface area contributed by atoms with Gasteiger partial charge in [0.1, 0.15) is 18.2 Å². The molecular weight excluding hydrogens is 242 g/mol. The fourth-order valence-corrected chi connectivity index (χ4v) is 1.68. The maximum atomic E-state index is 7.47. The van der Waals surface area contributed by atoms with E-state index in [-0.39, 0.29) is 5.84 Å². The summed E-state index contributed by atoms with van der Waals surface area (Å²) in [5.41, 5.74) is 6.87. The van der Waals surface area contributed by atoms with E-state index in [1.807, 2.05) is 24.3 Å². The Bertz CT molecular complexity index is 584. The monoisotopic (exact) mass is 257 g/mol. The van der Waals surface area contributed by atoms with Gasteiger partial charge in [0.15, 0.2) is 0 Å². The lowest BCUT2D eigenvalue weighted by Gasteiger charge is -2.11. The van der Waals surface area contributed by atoms with Gasteiger partial charge >= 0.3 is 0 Å². The number of nitrogen functional groups attached to an aromatic ring is 1. The van der Waals surface area contributed by atoms with Crippen molar-refractivity contribution in [2.45, 2.75) is 6.61 Å². The molecule has 0 aliphatic carbocycles. The highest BCUT2D eigenvalue weighted by atomic mass is 16.5. The normalized spacial score (nSPS) is 9.95. The van der Waals surface area contributed by atoms with E-state index >= 15 is 0 Å². The summed E-state index contributed by atoms with van der Waals surface area (Å²) in [6.45, 7) is 0.307. The van der Waals surface area contributed by atoms with Crippen LogP contribution in [0, 0.1) is 5.41 Å². The zero-order valence-electron chi connectivity index (χ0n) is 10.6. The number of benzene rings is 1. The van der Waals surface area contributed by atoms with Crippen LogP contribution >= 0.6 is 0 Å². The smallest absolute Gasteiger partial charge is 0.224 e. The number of nitrogens with one attached hydrogen (secondary N) is 1. The Hall–Kier alpha value is -2.56.